The van der Waals surface area contributed by atoms with Crippen LogP contribution in [-0.4, -0.2) is 47.7 Å². The average Bonchev–Trinajstić information content (AvgIpc) is 3.20. The molecule has 30 heavy (non-hydrogen) atoms. The van der Waals surface area contributed by atoms with Crippen LogP contribution >= 0.6 is 8.25 Å². The zero-order valence-corrected chi connectivity index (χ0v) is 17.6. The van der Waals surface area contributed by atoms with Gasteiger partial charge in [0.15, 0.2) is 12.0 Å². The number of nitrogens with two attached hydrogens (primary N) is 1. The van der Waals surface area contributed by atoms with Crippen LogP contribution in [0.4, 0.5) is 0 Å². The van der Waals surface area contributed by atoms with E-state index in [1.165, 1.54) is 0 Å². The highest BCUT2D eigenvalue weighted by Gasteiger charge is 2.56. The fourth-order valence-corrected chi connectivity index (χ4v) is 4.28. The van der Waals surface area contributed by atoms with E-state index in [0.717, 1.165) is 0 Å². The van der Waals surface area contributed by atoms with Gasteiger partial charge in [0, 0.05) is 18.0 Å². The molecule has 0 bridgehead atoms. The van der Waals surface area contributed by atoms with Crippen LogP contribution in [0.15, 0.2) is 54.4 Å². The van der Waals surface area contributed by atoms with E-state index in [4.69, 9.17) is 29.0 Å². The second-order valence-corrected chi connectivity index (χ2v) is 8.50. The lowest BCUT2D eigenvalue weighted by molar-refractivity contribution is -0.201. The molecule has 161 valence electrons. The van der Waals surface area contributed by atoms with E-state index in [-0.39, 0.29) is 6.61 Å². The molecule has 0 aliphatic carbocycles. The molecule has 2 saturated heterocycles. The molecule has 3 aliphatic rings. The Labute approximate surface area is 175 Å². The van der Waals surface area contributed by atoms with Crippen LogP contribution < -0.4 is 10.3 Å². The Hall–Kier alpha value is -2.29. The van der Waals surface area contributed by atoms with Crippen molar-refractivity contribution in [3.63, 3.8) is 0 Å². The second kappa shape index (κ2) is 8.45. The Morgan fingerprint density at radius 3 is 2.73 bits per heavy atom. The lowest BCUT2D eigenvalue weighted by atomic mass is 10.1. The minimum Gasteiger partial charge on any atom is -0.398 e. The average molecular weight is 435 g/mol. The fourth-order valence-electron chi connectivity index (χ4n) is 3.66. The lowest BCUT2D eigenvalue weighted by Gasteiger charge is -2.31. The Kier molecular flexibility index (Phi) is 5.90. The molecule has 4 rings (SSSR count). The standard InChI is InChI=1S/C20H24N2O7P/c1-20(2)27-16-15(12-25-30(24)29-14-8-4-3-5-9-14)26-19(17(16)28-20)22-10-6-7-13(11-22)18(21)23/h3-6,8-11,15-17,19H,7,12H2,1-2H3,(H2,21,23)/t15?,16-,17-,19-/m1/s1. The zero-order valence-electron chi connectivity index (χ0n) is 16.7. The van der Waals surface area contributed by atoms with Crippen LogP contribution in [-0.2, 0) is 28.1 Å². The van der Waals surface area contributed by atoms with Gasteiger partial charge in [-0.2, -0.15) is 0 Å². The molecule has 2 N–H and O–H groups in total. The van der Waals surface area contributed by atoms with E-state index < -0.39 is 44.5 Å². The number of benzene rings is 1. The van der Waals surface area contributed by atoms with Gasteiger partial charge >= 0.3 is 8.25 Å². The van der Waals surface area contributed by atoms with Crippen molar-refractivity contribution in [1.82, 2.24) is 4.90 Å². The van der Waals surface area contributed by atoms with Gasteiger partial charge in [0.05, 0.1) is 6.61 Å². The number of carbonyl (C=O) groups is 1. The van der Waals surface area contributed by atoms with Crippen molar-refractivity contribution in [3.8, 4) is 5.75 Å². The third-order valence-corrected chi connectivity index (χ3v) is 5.64. The second-order valence-electron chi connectivity index (χ2n) is 7.61. The molecular formula is C20H24N2O7P. The van der Waals surface area contributed by atoms with Gasteiger partial charge in [-0.15, -0.1) is 0 Å². The molecule has 3 heterocycles. The van der Waals surface area contributed by atoms with Crippen molar-refractivity contribution in [2.45, 2.75) is 50.6 Å². The van der Waals surface area contributed by atoms with Gasteiger partial charge in [-0.3, -0.25) is 9.32 Å². The van der Waals surface area contributed by atoms with Gasteiger partial charge < -0.3 is 29.4 Å². The number of hydrogen-bond acceptors (Lipinski definition) is 8. The van der Waals surface area contributed by atoms with E-state index in [2.05, 4.69) is 0 Å². The maximum Gasteiger partial charge on any atom is 0.429 e. The summed E-state index contributed by atoms with van der Waals surface area (Å²) in [6, 6.07) is 8.77. The van der Waals surface area contributed by atoms with Gasteiger partial charge in [0.25, 0.3) is 0 Å². The Bertz CT molecular complexity index is 873. The summed E-state index contributed by atoms with van der Waals surface area (Å²) in [4.78, 5) is 13.3. The van der Waals surface area contributed by atoms with Crippen LogP contribution in [0.3, 0.4) is 0 Å². The summed E-state index contributed by atoms with van der Waals surface area (Å²) in [5.41, 5.74) is 5.89. The summed E-state index contributed by atoms with van der Waals surface area (Å²) in [6.07, 6.45) is 3.78. The molecule has 10 heteroatoms. The van der Waals surface area contributed by atoms with Crippen LogP contribution in [0.2, 0.25) is 0 Å². The summed E-state index contributed by atoms with van der Waals surface area (Å²) >= 11 is 0. The largest absolute Gasteiger partial charge is 0.429 e. The summed E-state index contributed by atoms with van der Waals surface area (Å²) in [7, 11) is -2.39. The van der Waals surface area contributed by atoms with Crippen LogP contribution in [0.1, 0.15) is 20.3 Å². The molecule has 0 saturated carbocycles. The van der Waals surface area contributed by atoms with E-state index >= 15 is 0 Å². The van der Waals surface area contributed by atoms with E-state index in [9.17, 15) is 9.36 Å². The number of fused-ring (bicyclic) bond motifs is 1. The highest BCUT2D eigenvalue weighted by molar-refractivity contribution is 7.33. The van der Waals surface area contributed by atoms with Crippen LogP contribution in [0, 0.1) is 0 Å². The van der Waals surface area contributed by atoms with Crippen LogP contribution in [0.5, 0.6) is 5.75 Å². The van der Waals surface area contributed by atoms with E-state index in [1.54, 1.807) is 35.4 Å². The molecule has 2 fully saturated rings. The predicted molar refractivity (Wildman–Crippen MR) is 106 cm³/mol. The molecule has 3 aliphatic heterocycles. The molecule has 1 aromatic carbocycles. The Morgan fingerprint density at radius 2 is 2.00 bits per heavy atom. The first-order valence-corrected chi connectivity index (χ1v) is 10.7. The molecular weight excluding hydrogens is 411 g/mol. The number of rotatable bonds is 7. The third kappa shape index (κ3) is 4.55. The highest BCUT2D eigenvalue weighted by atomic mass is 31.1. The monoisotopic (exact) mass is 435 g/mol. The van der Waals surface area contributed by atoms with Crippen molar-refractivity contribution < 1.29 is 32.6 Å². The first-order chi connectivity index (χ1) is 14.3. The lowest BCUT2D eigenvalue weighted by Crippen LogP contribution is -2.40. The van der Waals surface area contributed by atoms with Gasteiger partial charge in [-0.25, -0.2) is 4.57 Å². The minimum atomic E-state index is -2.39. The molecule has 0 aromatic heterocycles. The van der Waals surface area contributed by atoms with Crippen molar-refractivity contribution in [2.24, 2.45) is 5.73 Å². The van der Waals surface area contributed by atoms with Crippen molar-refractivity contribution in [3.05, 3.63) is 54.4 Å². The highest BCUT2D eigenvalue weighted by Crippen LogP contribution is 2.41. The van der Waals surface area contributed by atoms with E-state index in [0.29, 0.717) is 17.7 Å². The molecule has 1 radical (unpaired) electrons. The number of para-hydroxylation sites is 1. The quantitative estimate of drug-likeness (QED) is 0.651. The molecule has 2 unspecified atom stereocenters. The maximum atomic E-state index is 12.2. The van der Waals surface area contributed by atoms with Gasteiger partial charge in [0.1, 0.15) is 24.1 Å². The molecule has 1 aromatic rings. The number of carbonyl (C=O) groups excluding carboxylic acids is 1. The minimum absolute atomic E-state index is 0.0108. The van der Waals surface area contributed by atoms with E-state index in [1.807, 2.05) is 32.2 Å². The summed E-state index contributed by atoms with van der Waals surface area (Å²) < 4.78 is 41.0. The van der Waals surface area contributed by atoms with Crippen molar-refractivity contribution in [1.29, 1.82) is 0 Å². The number of nitrogens with zero attached hydrogens (tertiary/aromatic N) is 1. The SMILES string of the molecule is CC1(C)O[C@@H]2[C@H](O1)C(CO[P](=O)Oc1ccccc1)O[C@H]2N1C=CCC(C(N)=O)=C1. The number of amides is 1. The number of hydrogen-bond donors (Lipinski definition) is 1. The fraction of sp³-hybridized carbons (Fsp3) is 0.450. The van der Waals surface area contributed by atoms with Crippen molar-refractivity contribution >= 4 is 14.2 Å². The molecule has 1 amide bonds. The van der Waals surface area contributed by atoms with Gasteiger partial charge in [0.2, 0.25) is 5.91 Å². The first-order valence-electron chi connectivity index (χ1n) is 9.61. The topological polar surface area (TPSA) is 110 Å². The summed E-state index contributed by atoms with van der Waals surface area (Å²) in [5, 5.41) is 0. The summed E-state index contributed by atoms with van der Waals surface area (Å²) in [6.45, 7) is 3.62. The zero-order chi connectivity index (χ0) is 21.3. The van der Waals surface area contributed by atoms with Gasteiger partial charge in [-0.1, -0.05) is 24.3 Å². The molecule has 9 nitrogen and oxygen atoms in total. The number of primary amides is 1. The first kappa shape index (κ1) is 21.0. The summed E-state index contributed by atoms with van der Waals surface area (Å²) in [5.74, 6) is -0.850. The van der Waals surface area contributed by atoms with Crippen molar-refractivity contribution in [2.75, 3.05) is 6.61 Å². The molecule has 0 spiro atoms. The predicted octanol–water partition coefficient (Wildman–Crippen LogP) is 2.57. The maximum absolute atomic E-state index is 12.2. The van der Waals surface area contributed by atoms with Gasteiger partial charge in [-0.05, 0) is 32.4 Å². The third-order valence-electron chi connectivity index (χ3n) is 4.92. The smallest absolute Gasteiger partial charge is 0.398 e. The number of allylic oxidation sites excluding steroid dienone is 1. The number of ether oxygens (including phenoxy) is 3. The molecule has 5 atom stereocenters. The Balaban J connectivity index is 1.44. The normalized spacial score (nSPS) is 30.0. The van der Waals surface area contributed by atoms with Crippen LogP contribution in [0.25, 0.3) is 0 Å². The Morgan fingerprint density at radius 1 is 1.27 bits per heavy atom.